The second-order valence-electron chi connectivity index (χ2n) is 2.86. The SMILES string of the molecule is N[C@]1(O)CO[C@H](CO)C[C@@H]1O. The lowest BCUT2D eigenvalue weighted by molar-refractivity contribution is -0.187. The van der Waals surface area contributed by atoms with Crippen molar-refractivity contribution in [3.8, 4) is 0 Å². The average Bonchev–Trinajstić information content (AvgIpc) is 1.95. The van der Waals surface area contributed by atoms with Crippen LogP contribution in [0.5, 0.6) is 0 Å². The summed E-state index contributed by atoms with van der Waals surface area (Å²) in [5, 5.41) is 27.0. The molecule has 0 spiro atoms. The molecule has 66 valence electrons. The van der Waals surface area contributed by atoms with E-state index >= 15 is 0 Å². The van der Waals surface area contributed by atoms with Gasteiger partial charge in [0.15, 0.2) is 5.72 Å². The number of hydrogen-bond donors (Lipinski definition) is 4. The quantitative estimate of drug-likeness (QED) is 0.328. The number of hydrogen-bond acceptors (Lipinski definition) is 5. The van der Waals surface area contributed by atoms with Crippen LogP contribution >= 0.6 is 0 Å². The van der Waals surface area contributed by atoms with E-state index in [1.54, 1.807) is 0 Å². The Hall–Kier alpha value is -0.200. The second-order valence-corrected chi connectivity index (χ2v) is 2.86. The molecule has 0 amide bonds. The molecule has 0 aliphatic carbocycles. The highest BCUT2D eigenvalue weighted by atomic mass is 16.5. The first-order chi connectivity index (χ1) is 5.06. The topological polar surface area (TPSA) is 95.9 Å². The van der Waals surface area contributed by atoms with E-state index in [4.69, 9.17) is 15.6 Å². The molecule has 1 heterocycles. The van der Waals surface area contributed by atoms with Crippen molar-refractivity contribution in [2.24, 2.45) is 5.73 Å². The molecule has 0 saturated carbocycles. The van der Waals surface area contributed by atoms with E-state index in [1.165, 1.54) is 0 Å². The van der Waals surface area contributed by atoms with Crippen molar-refractivity contribution in [2.75, 3.05) is 13.2 Å². The lowest BCUT2D eigenvalue weighted by atomic mass is 9.99. The van der Waals surface area contributed by atoms with Crippen LogP contribution in [0.1, 0.15) is 6.42 Å². The van der Waals surface area contributed by atoms with Crippen LogP contribution in [-0.4, -0.2) is 46.5 Å². The Morgan fingerprint density at radius 1 is 1.64 bits per heavy atom. The molecule has 0 bridgehead atoms. The maximum absolute atomic E-state index is 9.18. The monoisotopic (exact) mass is 163 g/mol. The highest BCUT2D eigenvalue weighted by Crippen LogP contribution is 2.18. The molecule has 1 saturated heterocycles. The zero-order valence-electron chi connectivity index (χ0n) is 6.10. The third-order valence-electron chi connectivity index (χ3n) is 1.82. The predicted octanol–water partition coefficient (Wildman–Crippen LogP) is -2.22. The third-order valence-corrected chi connectivity index (χ3v) is 1.82. The van der Waals surface area contributed by atoms with Crippen molar-refractivity contribution < 1.29 is 20.1 Å². The van der Waals surface area contributed by atoms with E-state index in [0.717, 1.165) is 0 Å². The standard InChI is InChI=1S/C6H13NO4/c7-6(10)3-11-4(2-8)1-5(6)9/h4-5,8-10H,1-3,7H2/t4-,5-,6-/m0/s1. The fourth-order valence-corrected chi connectivity index (χ4v) is 0.996. The fourth-order valence-electron chi connectivity index (χ4n) is 0.996. The van der Waals surface area contributed by atoms with Gasteiger partial charge in [0.1, 0.15) is 6.10 Å². The average molecular weight is 163 g/mol. The molecule has 1 rings (SSSR count). The van der Waals surface area contributed by atoms with Gasteiger partial charge in [-0.25, -0.2) is 0 Å². The van der Waals surface area contributed by atoms with Crippen LogP contribution in [-0.2, 0) is 4.74 Å². The second kappa shape index (κ2) is 3.04. The molecule has 0 aromatic carbocycles. The van der Waals surface area contributed by atoms with Gasteiger partial charge in [0.25, 0.3) is 0 Å². The minimum Gasteiger partial charge on any atom is -0.394 e. The van der Waals surface area contributed by atoms with Gasteiger partial charge in [-0.2, -0.15) is 0 Å². The molecule has 0 radical (unpaired) electrons. The summed E-state index contributed by atoms with van der Waals surface area (Å²) in [5.74, 6) is 0. The molecule has 11 heavy (non-hydrogen) atoms. The van der Waals surface area contributed by atoms with Gasteiger partial charge in [-0.15, -0.1) is 0 Å². The zero-order chi connectivity index (χ0) is 8.48. The number of aliphatic hydroxyl groups is 3. The Labute approximate surface area is 64.4 Å². The van der Waals surface area contributed by atoms with E-state index in [2.05, 4.69) is 0 Å². The van der Waals surface area contributed by atoms with Crippen LogP contribution in [0.3, 0.4) is 0 Å². The maximum Gasteiger partial charge on any atom is 0.163 e. The number of nitrogens with two attached hydrogens (primary N) is 1. The lowest BCUT2D eigenvalue weighted by Crippen LogP contribution is -2.59. The minimum absolute atomic E-state index is 0.139. The molecule has 0 aromatic heterocycles. The van der Waals surface area contributed by atoms with Crippen molar-refractivity contribution in [3.63, 3.8) is 0 Å². The predicted molar refractivity (Wildman–Crippen MR) is 36.6 cm³/mol. The van der Waals surface area contributed by atoms with Gasteiger partial charge in [-0.3, -0.25) is 5.73 Å². The van der Waals surface area contributed by atoms with E-state index in [-0.39, 0.29) is 19.6 Å². The van der Waals surface area contributed by atoms with Gasteiger partial charge in [0.05, 0.1) is 19.3 Å². The van der Waals surface area contributed by atoms with Crippen LogP contribution in [0.4, 0.5) is 0 Å². The molecule has 0 aromatic rings. The lowest BCUT2D eigenvalue weighted by Gasteiger charge is -2.36. The molecular weight excluding hydrogens is 150 g/mol. The summed E-state index contributed by atoms with van der Waals surface area (Å²) in [6.45, 7) is -0.299. The Bertz CT molecular complexity index is 139. The van der Waals surface area contributed by atoms with Crippen LogP contribution in [0.2, 0.25) is 0 Å². The van der Waals surface area contributed by atoms with Crippen LogP contribution < -0.4 is 5.73 Å². The Balaban J connectivity index is 2.48. The van der Waals surface area contributed by atoms with Crippen molar-refractivity contribution in [1.82, 2.24) is 0 Å². The van der Waals surface area contributed by atoms with E-state index < -0.39 is 17.9 Å². The highest BCUT2D eigenvalue weighted by Gasteiger charge is 2.38. The molecule has 1 aliphatic heterocycles. The first kappa shape index (κ1) is 8.89. The maximum atomic E-state index is 9.18. The summed E-state index contributed by atoms with van der Waals surface area (Å²) in [6.07, 6.45) is -1.26. The van der Waals surface area contributed by atoms with Crippen molar-refractivity contribution in [1.29, 1.82) is 0 Å². The number of rotatable bonds is 1. The van der Waals surface area contributed by atoms with Crippen molar-refractivity contribution in [2.45, 2.75) is 24.4 Å². The first-order valence-electron chi connectivity index (χ1n) is 3.48. The summed E-state index contributed by atoms with van der Waals surface area (Å²) in [7, 11) is 0. The minimum atomic E-state index is -1.66. The molecular formula is C6H13NO4. The molecule has 1 aliphatic rings. The van der Waals surface area contributed by atoms with Crippen LogP contribution in [0.25, 0.3) is 0 Å². The molecule has 5 N–H and O–H groups in total. The largest absolute Gasteiger partial charge is 0.394 e. The zero-order valence-corrected chi connectivity index (χ0v) is 6.10. The first-order valence-corrected chi connectivity index (χ1v) is 3.48. The van der Waals surface area contributed by atoms with Gasteiger partial charge in [-0.05, 0) is 0 Å². The molecule has 3 atom stereocenters. The normalized spacial score (nSPS) is 45.8. The van der Waals surface area contributed by atoms with Crippen molar-refractivity contribution >= 4 is 0 Å². The smallest absolute Gasteiger partial charge is 0.163 e. The molecule has 5 heteroatoms. The van der Waals surface area contributed by atoms with Crippen LogP contribution in [0, 0.1) is 0 Å². The number of aliphatic hydroxyl groups excluding tert-OH is 2. The Morgan fingerprint density at radius 3 is 2.73 bits per heavy atom. The van der Waals surface area contributed by atoms with Gasteiger partial charge in [0, 0.05) is 6.42 Å². The van der Waals surface area contributed by atoms with Gasteiger partial charge in [0.2, 0.25) is 0 Å². The fraction of sp³-hybridized carbons (Fsp3) is 1.00. The summed E-state index contributed by atoms with van der Waals surface area (Å²) in [6, 6.07) is 0. The Morgan fingerprint density at radius 2 is 2.27 bits per heavy atom. The summed E-state index contributed by atoms with van der Waals surface area (Å²) < 4.78 is 4.93. The summed E-state index contributed by atoms with van der Waals surface area (Å²) in [4.78, 5) is 0. The summed E-state index contributed by atoms with van der Waals surface area (Å²) in [5.41, 5.74) is 3.58. The third kappa shape index (κ3) is 1.88. The van der Waals surface area contributed by atoms with Gasteiger partial charge in [-0.1, -0.05) is 0 Å². The van der Waals surface area contributed by atoms with Crippen molar-refractivity contribution in [3.05, 3.63) is 0 Å². The van der Waals surface area contributed by atoms with E-state index in [9.17, 15) is 10.2 Å². The molecule has 5 nitrogen and oxygen atoms in total. The molecule has 1 fully saturated rings. The number of ether oxygens (including phenoxy) is 1. The van der Waals surface area contributed by atoms with Gasteiger partial charge < -0.3 is 20.1 Å². The highest BCUT2D eigenvalue weighted by molar-refractivity contribution is 4.86. The van der Waals surface area contributed by atoms with E-state index in [0.29, 0.717) is 0 Å². The Kier molecular flexibility index (Phi) is 2.46. The van der Waals surface area contributed by atoms with Gasteiger partial charge >= 0.3 is 0 Å². The van der Waals surface area contributed by atoms with Crippen LogP contribution in [0.15, 0.2) is 0 Å². The molecule has 0 unspecified atom stereocenters. The summed E-state index contributed by atoms with van der Waals surface area (Å²) >= 11 is 0. The van der Waals surface area contributed by atoms with E-state index in [1.807, 2.05) is 0 Å².